The summed E-state index contributed by atoms with van der Waals surface area (Å²) in [6.07, 6.45) is 5.85. The Morgan fingerprint density at radius 3 is 2.38 bits per heavy atom. The Bertz CT molecular complexity index is 1240. The zero-order valence-electron chi connectivity index (χ0n) is 18.5. The average molecular weight is 426 g/mol. The maximum absolute atomic E-state index is 11.7. The number of aromatic nitrogens is 3. The third kappa shape index (κ3) is 4.01. The Morgan fingerprint density at radius 1 is 0.938 bits per heavy atom. The molecule has 0 saturated carbocycles. The molecule has 0 unspecified atom stereocenters. The summed E-state index contributed by atoms with van der Waals surface area (Å²) >= 11 is 0. The summed E-state index contributed by atoms with van der Waals surface area (Å²) < 4.78 is 2.22. The van der Waals surface area contributed by atoms with Crippen molar-refractivity contribution in [1.82, 2.24) is 24.2 Å². The Labute approximate surface area is 188 Å². The predicted molar refractivity (Wildman–Crippen MR) is 126 cm³/mol. The van der Waals surface area contributed by atoms with E-state index in [4.69, 9.17) is 4.98 Å². The van der Waals surface area contributed by atoms with E-state index in [2.05, 4.69) is 69.9 Å². The minimum atomic E-state index is 0.151. The second-order valence-electron chi connectivity index (χ2n) is 8.44. The molecule has 5 rings (SSSR count). The summed E-state index contributed by atoms with van der Waals surface area (Å²) in [5, 5.41) is 0. The largest absolute Gasteiger partial charge is 0.340 e. The maximum atomic E-state index is 11.7. The van der Waals surface area contributed by atoms with Crippen LogP contribution in [0.1, 0.15) is 18.2 Å². The number of fused-ring (bicyclic) bond motifs is 1. The van der Waals surface area contributed by atoms with Crippen LogP contribution < -0.4 is 0 Å². The van der Waals surface area contributed by atoms with Gasteiger partial charge in [0.25, 0.3) is 0 Å². The van der Waals surface area contributed by atoms with Crippen LogP contribution in [0.25, 0.3) is 28.0 Å². The van der Waals surface area contributed by atoms with Gasteiger partial charge in [-0.15, -0.1) is 0 Å². The Balaban J connectivity index is 1.55. The minimum absolute atomic E-state index is 0.151. The maximum Gasteiger partial charge on any atom is 0.219 e. The number of benzene rings is 1. The summed E-state index contributed by atoms with van der Waals surface area (Å²) in [6, 6.07) is 16.8. The summed E-state index contributed by atoms with van der Waals surface area (Å²) in [6.45, 7) is 7.77. The third-order valence-electron chi connectivity index (χ3n) is 6.23. The van der Waals surface area contributed by atoms with Gasteiger partial charge in [-0.3, -0.25) is 14.7 Å². The first-order chi connectivity index (χ1) is 15.6. The zero-order valence-corrected chi connectivity index (χ0v) is 18.5. The molecule has 3 aromatic heterocycles. The lowest BCUT2D eigenvalue weighted by Crippen LogP contribution is -2.47. The number of imidazole rings is 1. The highest BCUT2D eigenvalue weighted by Crippen LogP contribution is 2.28. The molecule has 162 valence electrons. The molecule has 0 radical (unpaired) electrons. The van der Waals surface area contributed by atoms with E-state index >= 15 is 0 Å². The van der Waals surface area contributed by atoms with Crippen LogP contribution in [0.15, 0.2) is 67.1 Å². The van der Waals surface area contributed by atoms with Crippen LogP contribution in [0.3, 0.4) is 0 Å². The van der Waals surface area contributed by atoms with Crippen molar-refractivity contribution < 1.29 is 4.79 Å². The van der Waals surface area contributed by atoms with E-state index < -0.39 is 0 Å². The summed E-state index contributed by atoms with van der Waals surface area (Å²) in [5.41, 5.74) is 7.67. The number of aryl methyl sites for hydroxylation is 1. The van der Waals surface area contributed by atoms with Crippen molar-refractivity contribution in [3.63, 3.8) is 0 Å². The molecular weight excluding hydrogens is 398 g/mol. The van der Waals surface area contributed by atoms with Gasteiger partial charge in [0, 0.05) is 63.8 Å². The molecule has 1 aromatic carbocycles. The van der Waals surface area contributed by atoms with Crippen LogP contribution in [0.2, 0.25) is 0 Å². The number of carbonyl (C=O) groups excluding carboxylic acids is 1. The van der Waals surface area contributed by atoms with E-state index in [1.807, 2.05) is 17.2 Å². The van der Waals surface area contributed by atoms with Crippen molar-refractivity contribution in [3.05, 3.63) is 78.4 Å². The first kappa shape index (κ1) is 20.4. The molecule has 32 heavy (non-hydrogen) atoms. The molecule has 6 nitrogen and oxygen atoms in total. The van der Waals surface area contributed by atoms with Gasteiger partial charge in [-0.1, -0.05) is 29.8 Å². The molecule has 1 amide bonds. The van der Waals surface area contributed by atoms with Gasteiger partial charge in [0.2, 0.25) is 5.91 Å². The number of carbonyl (C=O) groups is 1. The Hall–Kier alpha value is -3.51. The molecule has 4 heterocycles. The fourth-order valence-corrected chi connectivity index (χ4v) is 4.33. The molecule has 0 bridgehead atoms. The van der Waals surface area contributed by atoms with E-state index in [1.54, 1.807) is 13.1 Å². The number of piperazine rings is 1. The normalized spacial score (nSPS) is 14.8. The quantitative estimate of drug-likeness (QED) is 0.495. The van der Waals surface area contributed by atoms with Crippen molar-refractivity contribution >= 4 is 11.6 Å². The highest BCUT2D eigenvalue weighted by molar-refractivity contribution is 5.73. The standard InChI is InChI=1S/C26H27N5O/c1-19-5-7-21(8-6-19)23-9-10-25-28-26(22-4-3-11-27-16-22)24(31(25)17-23)18-29-12-14-30(15-13-29)20(2)32/h3-11,16-17H,12-15,18H2,1-2H3. The summed E-state index contributed by atoms with van der Waals surface area (Å²) in [7, 11) is 0. The number of hydrogen-bond donors (Lipinski definition) is 0. The SMILES string of the molecule is CC(=O)N1CCN(Cc2c(-c3cccnc3)nc3ccc(-c4ccc(C)cc4)cn23)CC1. The van der Waals surface area contributed by atoms with Gasteiger partial charge in [-0.25, -0.2) is 4.98 Å². The fraction of sp³-hybridized carbons (Fsp3) is 0.269. The van der Waals surface area contributed by atoms with E-state index in [0.29, 0.717) is 0 Å². The van der Waals surface area contributed by atoms with Gasteiger partial charge in [0.05, 0.1) is 11.4 Å². The van der Waals surface area contributed by atoms with E-state index in [9.17, 15) is 4.79 Å². The van der Waals surface area contributed by atoms with Crippen LogP contribution in [0.5, 0.6) is 0 Å². The summed E-state index contributed by atoms with van der Waals surface area (Å²) in [4.78, 5) is 25.3. The fourth-order valence-electron chi connectivity index (χ4n) is 4.33. The van der Waals surface area contributed by atoms with Crippen LogP contribution in [-0.4, -0.2) is 56.3 Å². The lowest BCUT2D eigenvalue weighted by Gasteiger charge is -2.34. The lowest BCUT2D eigenvalue weighted by atomic mass is 10.1. The molecule has 0 atom stereocenters. The summed E-state index contributed by atoms with van der Waals surface area (Å²) in [5.74, 6) is 0.151. The number of rotatable bonds is 4. The van der Waals surface area contributed by atoms with E-state index in [1.165, 1.54) is 11.1 Å². The van der Waals surface area contributed by atoms with Gasteiger partial charge in [0.1, 0.15) is 5.65 Å². The molecule has 1 fully saturated rings. The second kappa shape index (κ2) is 8.55. The van der Waals surface area contributed by atoms with Crippen molar-refractivity contribution in [1.29, 1.82) is 0 Å². The Kier molecular flexibility index (Phi) is 5.45. The molecular formula is C26H27N5O. The molecule has 0 aliphatic carbocycles. The lowest BCUT2D eigenvalue weighted by molar-refractivity contribution is -0.130. The van der Waals surface area contributed by atoms with E-state index in [-0.39, 0.29) is 5.91 Å². The molecule has 1 aliphatic rings. The first-order valence-electron chi connectivity index (χ1n) is 11.0. The van der Waals surface area contributed by atoms with Crippen molar-refractivity contribution in [2.24, 2.45) is 0 Å². The van der Waals surface area contributed by atoms with Crippen LogP contribution in [-0.2, 0) is 11.3 Å². The van der Waals surface area contributed by atoms with Gasteiger partial charge in [-0.05, 0) is 42.3 Å². The predicted octanol–water partition coefficient (Wildman–Crippen LogP) is 4.04. The number of amides is 1. The number of hydrogen-bond acceptors (Lipinski definition) is 4. The van der Waals surface area contributed by atoms with Gasteiger partial charge in [-0.2, -0.15) is 0 Å². The van der Waals surface area contributed by atoms with Crippen LogP contribution in [0.4, 0.5) is 0 Å². The average Bonchev–Trinajstić information content (AvgIpc) is 3.18. The molecule has 1 saturated heterocycles. The minimum Gasteiger partial charge on any atom is -0.340 e. The second-order valence-corrected chi connectivity index (χ2v) is 8.44. The smallest absolute Gasteiger partial charge is 0.219 e. The highest BCUT2D eigenvalue weighted by Gasteiger charge is 2.22. The third-order valence-corrected chi connectivity index (χ3v) is 6.23. The van der Waals surface area contributed by atoms with Gasteiger partial charge < -0.3 is 9.30 Å². The number of nitrogens with zero attached hydrogens (tertiary/aromatic N) is 5. The van der Waals surface area contributed by atoms with Crippen molar-refractivity contribution in [2.75, 3.05) is 26.2 Å². The molecule has 0 N–H and O–H groups in total. The first-order valence-corrected chi connectivity index (χ1v) is 11.0. The molecule has 1 aliphatic heterocycles. The van der Waals surface area contributed by atoms with Crippen LogP contribution >= 0.6 is 0 Å². The van der Waals surface area contributed by atoms with Crippen LogP contribution in [0, 0.1) is 6.92 Å². The molecule has 6 heteroatoms. The van der Waals surface area contributed by atoms with Gasteiger partial charge >= 0.3 is 0 Å². The molecule has 4 aromatic rings. The molecule has 0 spiro atoms. The Morgan fingerprint density at radius 2 is 1.69 bits per heavy atom. The topological polar surface area (TPSA) is 53.7 Å². The van der Waals surface area contributed by atoms with E-state index in [0.717, 1.165) is 60.9 Å². The monoisotopic (exact) mass is 425 g/mol. The number of pyridine rings is 2. The van der Waals surface area contributed by atoms with Gasteiger partial charge in [0.15, 0.2) is 0 Å². The van der Waals surface area contributed by atoms with Crippen molar-refractivity contribution in [3.8, 4) is 22.4 Å². The van der Waals surface area contributed by atoms with Crippen molar-refractivity contribution in [2.45, 2.75) is 20.4 Å². The highest BCUT2D eigenvalue weighted by atomic mass is 16.2. The zero-order chi connectivity index (χ0) is 22.1.